The number of ketones is 4. The van der Waals surface area contributed by atoms with Gasteiger partial charge in [0, 0.05) is 34.8 Å². The van der Waals surface area contributed by atoms with Crippen LogP contribution in [0.4, 0.5) is 0 Å². The monoisotopic (exact) mass is 796 g/mol. The van der Waals surface area contributed by atoms with Gasteiger partial charge >= 0.3 is 11.9 Å². The molecule has 4 atom stereocenters. The fraction of sp³-hybridized carbons (Fsp3) is 0.115. The molecule has 8 heteroatoms. The fourth-order valence-electron chi connectivity index (χ4n) is 7.11. The Morgan fingerprint density at radius 1 is 0.417 bits per heavy atom. The van der Waals surface area contributed by atoms with Crippen molar-refractivity contribution < 1.29 is 39.0 Å². The Hall–Kier alpha value is -7.58. The maximum Gasteiger partial charge on any atom is 0.335 e. The summed E-state index contributed by atoms with van der Waals surface area (Å²) in [6.45, 7) is 3.00. The van der Waals surface area contributed by atoms with Gasteiger partial charge in [0.2, 0.25) is 0 Å². The lowest BCUT2D eigenvalue weighted by molar-refractivity contribution is -0.127. The first-order chi connectivity index (χ1) is 28.9. The molecule has 0 bridgehead atoms. The molecule has 1 unspecified atom stereocenters. The zero-order chi connectivity index (χ0) is 43.0. The standard InChI is InChI=1S/C26H22O4.C15H12O.C11H10O3/c1-16(27)21-22(18-12-14-20(15-13-18)26(29)30)23(17-8-4-2-5-9-17)24(21)25(28)19-10-6-3-7-11-19;16-15(14-9-5-2-6-10-14)12-11-13-7-3-1-4-8-13;1-8(12)2-3-9-4-6-10(7-5-9)11(13)14/h2-15,21-24H,1H3,(H,29,30);1-12H;2-7H,1H3,(H,13,14)/b;12-11+;3-2+/t21-,22-,23+,24?;;/m1../s1. The van der Waals surface area contributed by atoms with Gasteiger partial charge in [-0.25, -0.2) is 9.59 Å². The van der Waals surface area contributed by atoms with E-state index in [-0.39, 0.29) is 46.1 Å². The normalized spacial score (nSPS) is 16.6. The van der Waals surface area contributed by atoms with Gasteiger partial charge in [0.1, 0.15) is 5.78 Å². The van der Waals surface area contributed by atoms with Crippen molar-refractivity contribution >= 4 is 47.2 Å². The van der Waals surface area contributed by atoms with Crippen LogP contribution < -0.4 is 0 Å². The van der Waals surface area contributed by atoms with Crippen molar-refractivity contribution in [3.8, 4) is 0 Å². The van der Waals surface area contributed by atoms with Crippen LogP contribution in [-0.4, -0.2) is 45.3 Å². The second-order valence-corrected chi connectivity index (χ2v) is 14.1. The number of benzene rings is 6. The summed E-state index contributed by atoms with van der Waals surface area (Å²) >= 11 is 0. The van der Waals surface area contributed by atoms with E-state index in [1.165, 1.54) is 32.1 Å². The minimum Gasteiger partial charge on any atom is -0.478 e. The van der Waals surface area contributed by atoms with Crippen molar-refractivity contribution in [3.05, 3.63) is 227 Å². The smallest absolute Gasteiger partial charge is 0.335 e. The summed E-state index contributed by atoms with van der Waals surface area (Å²) in [4.78, 5) is 70.1. The van der Waals surface area contributed by atoms with E-state index in [0.717, 1.165) is 27.8 Å². The molecule has 0 spiro atoms. The summed E-state index contributed by atoms with van der Waals surface area (Å²) in [5, 5.41) is 17.8. The molecule has 0 heterocycles. The summed E-state index contributed by atoms with van der Waals surface area (Å²) in [5.41, 5.74) is 5.50. The van der Waals surface area contributed by atoms with E-state index >= 15 is 0 Å². The molecule has 0 aromatic heterocycles. The van der Waals surface area contributed by atoms with Gasteiger partial charge in [0.15, 0.2) is 17.3 Å². The Labute approximate surface area is 349 Å². The van der Waals surface area contributed by atoms with Gasteiger partial charge in [-0.05, 0) is 72.5 Å². The van der Waals surface area contributed by atoms with Crippen LogP contribution in [0.2, 0.25) is 0 Å². The summed E-state index contributed by atoms with van der Waals surface area (Å²) < 4.78 is 0. The Bertz CT molecular complexity index is 2460. The van der Waals surface area contributed by atoms with E-state index in [4.69, 9.17) is 5.11 Å². The van der Waals surface area contributed by atoms with Gasteiger partial charge in [-0.15, -0.1) is 0 Å². The highest BCUT2D eigenvalue weighted by Crippen LogP contribution is 2.59. The second-order valence-electron chi connectivity index (χ2n) is 14.1. The third-order valence-corrected chi connectivity index (χ3v) is 10.1. The van der Waals surface area contributed by atoms with Crippen molar-refractivity contribution in [1.82, 2.24) is 0 Å². The number of carboxylic acid groups (broad SMARTS) is 2. The SMILES string of the molecule is CC(=O)/C=C/c1ccc(C(=O)O)cc1.CC(=O)[C@H]1C(C(=O)c2ccccc2)[C@@H](c2ccccc2)[C@@H]1c1ccc(C(=O)O)cc1.O=C(/C=C/c1ccccc1)c1ccccc1. The molecule has 2 N–H and O–H groups in total. The highest BCUT2D eigenvalue weighted by molar-refractivity contribution is 6.06. The maximum atomic E-state index is 13.4. The minimum absolute atomic E-state index is 0.0243. The first kappa shape index (κ1) is 43.5. The topological polar surface area (TPSA) is 143 Å². The van der Waals surface area contributed by atoms with Crippen LogP contribution >= 0.6 is 0 Å². The fourth-order valence-corrected chi connectivity index (χ4v) is 7.11. The van der Waals surface area contributed by atoms with Gasteiger partial charge in [-0.1, -0.05) is 158 Å². The number of hydrogen-bond donors (Lipinski definition) is 2. The van der Waals surface area contributed by atoms with Crippen molar-refractivity contribution in [3.63, 3.8) is 0 Å². The number of allylic oxidation sites excluding steroid dienone is 2. The molecule has 8 nitrogen and oxygen atoms in total. The van der Waals surface area contributed by atoms with Crippen LogP contribution in [0.3, 0.4) is 0 Å². The van der Waals surface area contributed by atoms with Crippen LogP contribution in [0.5, 0.6) is 0 Å². The number of Topliss-reactive ketones (excluding diaryl/α,β-unsaturated/α-hetero) is 2. The molecule has 1 saturated carbocycles. The number of rotatable bonds is 12. The van der Waals surface area contributed by atoms with Crippen molar-refractivity contribution in [1.29, 1.82) is 0 Å². The van der Waals surface area contributed by atoms with E-state index in [0.29, 0.717) is 5.56 Å². The molecular formula is C52H44O8. The predicted octanol–water partition coefficient (Wildman–Crippen LogP) is 10.5. The van der Waals surface area contributed by atoms with Gasteiger partial charge in [-0.2, -0.15) is 0 Å². The van der Waals surface area contributed by atoms with Gasteiger partial charge in [0.25, 0.3) is 0 Å². The average molecular weight is 797 g/mol. The predicted molar refractivity (Wildman–Crippen MR) is 233 cm³/mol. The molecule has 300 valence electrons. The lowest BCUT2D eigenvalue weighted by Gasteiger charge is -2.51. The highest BCUT2D eigenvalue weighted by atomic mass is 16.4. The van der Waals surface area contributed by atoms with Crippen LogP contribution in [0.25, 0.3) is 12.2 Å². The summed E-state index contributed by atoms with van der Waals surface area (Å²) in [6, 6.07) is 50.9. The van der Waals surface area contributed by atoms with Gasteiger partial charge in [-0.3, -0.25) is 19.2 Å². The zero-order valence-electron chi connectivity index (χ0n) is 33.1. The van der Waals surface area contributed by atoms with Crippen molar-refractivity contribution in [2.24, 2.45) is 11.8 Å². The lowest BCUT2D eigenvalue weighted by atomic mass is 9.50. The molecule has 0 aliphatic heterocycles. The van der Waals surface area contributed by atoms with E-state index < -0.39 is 23.8 Å². The molecule has 6 aromatic carbocycles. The van der Waals surface area contributed by atoms with E-state index in [1.807, 2.05) is 115 Å². The average Bonchev–Trinajstić information content (AvgIpc) is 3.26. The maximum absolute atomic E-state index is 13.4. The van der Waals surface area contributed by atoms with Crippen LogP contribution in [-0.2, 0) is 9.59 Å². The van der Waals surface area contributed by atoms with Crippen LogP contribution in [0.1, 0.15) is 89.4 Å². The van der Waals surface area contributed by atoms with Crippen LogP contribution in [0.15, 0.2) is 182 Å². The largest absolute Gasteiger partial charge is 0.478 e. The molecule has 0 amide bonds. The molecule has 0 saturated heterocycles. The molecular weight excluding hydrogens is 753 g/mol. The van der Waals surface area contributed by atoms with E-state index in [1.54, 1.807) is 60.7 Å². The number of carbonyl (C=O) groups excluding carboxylic acids is 4. The number of aromatic carboxylic acids is 2. The number of carboxylic acids is 2. The first-order valence-corrected chi connectivity index (χ1v) is 19.3. The molecule has 0 radical (unpaired) electrons. The first-order valence-electron chi connectivity index (χ1n) is 19.3. The van der Waals surface area contributed by atoms with Crippen molar-refractivity contribution in [2.45, 2.75) is 25.7 Å². The second kappa shape index (κ2) is 21.3. The Morgan fingerprint density at radius 2 is 0.817 bits per heavy atom. The van der Waals surface area contributed by atoms with Gasteiger partial charge in [0.05, 0.1) is 11.1 Å². The van der Waals surface area contributed by atoms with Crippen LogP contribution in [0, 0.1) is 11.8 Å². The number of hydrogen-bond acceptors (Lipinski definition) is 6. The molecule has 1 aliphatic rings. The molecule has 6 aromatic rings. The van der Waals surface area contributed by atoms with E-state index in [2.05, 4.69) is 0 Å². The lowest BCUT2D eigenvalue weighted by Crippen LogP contribution is -2.50. The summed E-state index contributed by atoms with van der Waals surface area (Å²) in [5.74, 6) is -3.21. The Morgan fingerprint density at radius 3 is 1.30 bits per heavy atom. The molecule has 7 rings (SSSR count). The molecule has 60 heavy (non-hydrogen) atoms. The minimum atomic E-state index is -0.991. The third kappa shape index (κ3) is 11.7. The quantitative estimate of drug-likeness (QED) is 0.0920. The molecule has 1 fully saturated rings. The molecule has 1 aliphatic carbocycles. The zero-order valence-corrected chi connectivity index (χ0v) is 33.1. The van der Waals surface area contributed by atoms with E-state index in [9.17, 15) is 33.9 Å². The Balaban J connectivity index is 0.000000191. The number of carbonyl (C=O) groups is 6. The third-order valence-electron chi connectivity index (χ3n) is 10.1. The highest BCUT2D eigenvalue weighted by Gasteiger charge is 2.56. The summed E-state index contributed by atoms with van der Waals surface area (Å²) in [7, 11) is 0. The summed E-state index contributed by atoms with van der Waals surface area (Å²) in [6.07, 6.45) is 6.52. The van der Waals surface area contributed by atoms with Gasteiger partial charge < -0.3 is 10.2 Å². The Kier molecular flexibility index (Phi) is 15.4. The van der Waals surface area contributed by atoms with Crippen molar-refractivity contribution in [2.75, 3.05) is 0 Å².